The molecule has 1 N–H and O–H groups in total. The number of carbonyl (C=O) groups is 1. The van der Waals surface area contributed by atoms with Crippen LogP contribution in [0.1, 0.15) is 59.2 Å². The SMILES string of the molecule is CCc1cc(Br)cc(CC)c1NC(=O)c1c(C)nc(C)c(CC)c1Br. The van der Waals surface area contributed by atoms with Crippen LogP contribution in [0.2, 0.25) is 0 Å². The van der Waals surface area contributed by atoms with Gasteiger partial charge in [-0.05, 0) is 77.9 Å². The van der Waals surface area contributed by atoms with E-state index in [4.69, 9.17) is 0 Å². The molecular weight excluding hydrogens is 444 g/mol. The second-order valence-corrected chi connectivity index (χ2v) is 7.77. The van der Waals surface area contributed by atoms with Crippen LogP contribution in [0, 0.1) is 13.8 Å². The Morgan fingerprint density at radius 3 is 2.04 bits per heavy atom. The summed E-state index contributed by atoms with van der Waals surface area (Å²) in [7, 11) is 0. The second-order valence-electron chi connectivity index (χ2n) is 6.06. The highest BCUT2D eigenvalue weighted by atomic mass is 79.9. The Morgan fingerprint density at radius 1 is 1.00 bits per heavy atom. The van der Waals surface area contributed by atoms with Crippen LogP contribution in [0.3, 0.4) is 0 Å². The van der Waals surface area contributed by atoms with Gasteiger partial charge in [0.05, 0.1) is 11.3 Å². The van der Waals surface area contributed by atoms with Crippen molar-refractivity contribution in [3.63, 3.8) is 0 Å². The summed E-state index contributed by atoms with van der Waals surface area (Å²) in [6.45, 7) is 10.1. The molecule has 0 fully saturated rings. The topological polar surface area (TPSA) is 42.0 Å². The molecule has 0 saturated carbocycles. The summed E-state index contributed by atoms with van der Waals surface area (Å²) in [6, 6.07) is 4.14. The molecule has 0 atom stereocenters. The number of aryl methyl sites for hydroxylation is 4. The fraction of sp³-hybridized carbons (Fsp3) is 0.400. The van der Waals surface area contributed by atoms with Crippen LogP contribution in [0.25, 0.3) is 0 Å². The van der Waals surface area contributed by atoms with Crippen LogP contribution < -0.4 is 5.32 Å². The number of hydrogen-bond donors (Lipinski definition) is 1. The number of anilines is 1. The maximum atomic E-state index is 13.1. The molecule has 1 aromatic heterocycles. The minimum Gasteiger partial charge on any atom is -0.321 e. The molecule has 0 saturated heterocycles. The lowest BCUT2D eigenvalue weighted by atomic mass is 10.0. The third-order valence-electron chi connectivity index (χ3n) is 4.47. The molecule has 0 bridgehead atoms. The maximum absolute atomic E-state index is 13.1. The third-order valence-corrected chi connectivity index (χ3v) is 5.80. The molecule has 0 spiro atoms. The molecule has 25 heavy (non-hydrogen) atoms. The van der Waals surface area contributed by atoms with Gasteiger partial charge in [-0.2, -0.15) is 0 Å². The van der Waals surface area contributed by atoms with Gasteiger partial charge in [-0.25, -0.2) is 0 Å². The van der Waals surface area contributed by atoms with Crippen LogP contribution in [0.4, 0.5) is 5.69 Å². The van der Waals surface area contributed by atoms with Crippen LogP contribution >= 0.6 is 31.9 Å². The van der Waals surface area contributed by atoms with Crippen LogP contribution in [-0.4, -0.2) is 10.9 Å². The average Bonchev–Trinajstić information content (AvgIpc) is 2.55. The van der Waals surface area contributed by atoms with Gasteiger partial charge >= 0.3 is 0 Å². The molecule has 1 amide bonds. The Labute approximate surface area is 166 Å². The summed E-state index contributed by atoms with van der Waals surface area (Å²) in [5.74, 6) is -0.113. The Hall–Kier alpha value is -1.20. The number of halogens is 2. The van der Waals surface area contributed by atoms with E-state index in [2.05, 4.69) is 75.1 Å². The molecule has 5 heteroatoms. The van der Waals surface area contributed by atoms with Gasteiger partial charge in [-0.15, -0.1) is 0 Å². The van der Waals surface area contributed by atoms with E-state index < -0.39 is 0 Å². The number of aromatic nitrogens is 1. The Balaban J connectivity index is 2.52. The van der Waals surface area contributed by atoms with E-state index in [1.54, 1.807) is 0 Å². The molecule has 1 aromatic carbocycles. The highest BCUT2D eigenvalue weighted by molar-refractivity contribution is 9.10. The maximum Gasteiger partial charge on any atom is 0.258 e. The molecule has 0 unspecified atom stereocenters. The molecule has 0 aliphatic rings. The summed E-state index contributed by atoms with van der Waals surface area (Å²) < 4.78 is 1.90. The van der Waals surface area contributed by atoms with E-state index in [1.807, 2.05) is 13.8 Å². The van der Waals surface area contributed by atoms with Crippen molar-refractivity contribution >= 4 is 43.5 Å². The van der Waals surface area contributed by atoms with Crippen molar-refractivity contribution in [2.24, 2.45) is 0 Å². The molecule has 0 aliphatic carbocycles. The van der Waals surface area contributed by atoms with Crippen molar-refractivity contribution < 1.29 is 4.79 Å². The van der Waals surface area contributed by atoms with E-state index in [9.17, 15) is 4.79 Å². The van der Waals surface area contributed by atoms with E-state index in [0.29, 0.717) is 5.56 Å². The molecule has 134 valence electrons. The lowest BCUT2D eigenvalue weighted by Gasteiger charge is -2.18. The Bertz CT molecular complexity index is 791. The van der Waals surface area contributed by atoms with Gasteiger partial charge in [0.15, 0.2) is 0 Å². The van der Waals surface area contributed by atoms with Crippen molar-refractivity contribution in [2.45, 2.75) is 53.9 Å². The van der Waals surface area contributed by atoms with Crippen molar-refractivity contribution in [3.05, 3.63) is 54.7 Å². The van der Waals surface area contributed by atoms with Gasteiger partial charge in [-0.1, -0.05) is 36.7 Å². The molecule has 1 heterocycles. The van der Waals surface area contributed by atoms with E-state index in [0.717, 1.165) is 62.0 Å². The molecule has 2 aromatic rings. The van der Waals surface area contributed by atoms with Gasteiger partial charge in [-0.3, -0.25) is 9.78 Å². The molecular formula is C20H24Br2N2O. The Morgan fingerprint density at radius 2 is 1.56 bits per heavy atom. The van der Waals surface area contributed by atoms with Gasteiger partial charge < -0.3 is 5.32 Å². The van der Waals surface area contributed by atoms with Gasteiger partial charge in [0, 0.05) is 20.3 Å². The molecule has 2 rings (SSSR count). The van der Waals surface area contributed by atoms with Crippen molar-refractivity contribution in [2.75, 3.05) is 5.32 Å². The number of hydrogen-bond acceptors (Lipinski definition) is 2. The van der Waals surface area contributed by atoms with Crippen LogP contribution in [0.15, 0.2) is 21.1 Å². The minimum absolute atomic E-state index is 0.113. The van der Waals surface area contributed by atoms with E-state index in [1.165, 1.54) is 0 Å². The third kappa shape index (κ3) is 4.14. The Kier molecular flexibility index (Phi) is 6.80. The highest BCUT2D eigenvalue weighted by Crippen LogP contribution is 2.31. The summed E-state index contributed by atoms with van der Waals surface area (Å²) in [5, 5.41) is 3.15. The fourth-order valence-electron chi connectivity index (χ4n) is 3.14. The summed E-state index contributed by atoms with van der Waals surface area (Å²) in [4.78, 5) is 17.6. The number of rotatable bonds is 5. The number of nitrogens with zero attached hydrogens (tertiary/aromatic N) is 1. The first-order valence-corrected chi connectivity index (χ1v) is 10.2. The van der Waals surface area contributed by atoms with Crippen molar-refractivity contribution in [1.29, 1.82) is 0 Å². The first-order valence-electron chi connectivity index (χ1n) is 8.62. The lowest BCUT2D eigenvalue weighted by Crippen LogP contribution is -2.18. The molecule has 3 nitrogen and oxygen atoms in total. The number of pyridine rings is 1. The normalized spacial score (nSPS) is 10.8. The first kappa shape index (κ1) is 20.1. The summed E-state index contributed by atoms with van der Waals surface area (Å²) in [5.41, 5.74) is 6.59. The number of nitrogens with one attached hydrogen (secondary N) is 1. The standard InChI is InChI=1S/C20H24Br2N2O/c1-6-13-9-15(21)10-14(7-2)19(13)24-20(25)17-12(5)23-11(4)16(8-3)18(17)22/h9-10H,6-8H2,1-5H3,(H,24,25). The lowest BCUT2D eigenvalue weighted by molar-refractivity contribution is 0.102. The van der Waals surface area contributed by atoms with Crippen LogP contribution in [0.5, 0.6) is 0 Å². The molecule has 0 aliphatic heterocycles. The average molecular weight is 468 g/mol. The number of carbonyl (C=O) groups excluding carboxylic acids is 1. The monoisotopic (exact) mass is 466 g/mol. The van der Waals surface area contributed by atoms with E-state index >= 15 is 0 Å². The first-order chi connectivity index (χ1) is 11.8. The van der Waals surface area contributed by atoms with Gasteiger partial charge in [0.2, 0.25) is 0 Å². The van der Waals surface area contributed by atoms with E-state index in [-0.39, 0.29) is 5.91 Å². The largest absolute Gasteiger partial charge is 0.321 e. The predicted octanol–water partition coefficient (Wildman–Crippen LogP) is 6.16. The van der Waals surface area contributed by atoms with Gasteiger partial charge in [0.1, 0.15) is 0 Å². The number of amides is 1. The zero-order valence-electron chi connectivity index (χ0n) is 15.4. The zero-order valence-corrected chi connectivity index (χ0v) is 18.6. The van der Waals surface area contributed by atoms with Crippen LogP contribution in [-0.2, 0) is 19.3 Å². The van der Waals surface area contributed by atoms with Crippen molar-refractivity contribution in [3.8, 4) is 0 Å². The summed E-state index contributed by atoms with van der Waals surface area (Å²) >= 11 is 7.19. The van der Waals surface area contributed by atoms with Crippen molar-refractivity contribution in [1.82, 2.24) is 4.98 Å². The quantitative estimate of drug-likeness (QED) is 0.571. The highest BCUT2D eigenvalue weighted by Gasteiger charge is 2.21. The van der Waals surface area contributed by atoms with Gasteiger partial charge in [0.25, 0.3) is 5.91 Å². The minimum atomic E-state index is -0.113. The second kappa shape index (κ2) is 8.45. The smallest absolute Gasteiger partial charge is 0.258 e. The fourth-order valence-corrected chi connectivity index (χ4v) is 4.72. The predicted molar refractivity (Wildman–Crippen MR) is 112 cm³/mol. The summed E-state index contributed by atoms with van der Waals surface area (Å²) in [6.07, 6.45) is 2.54. The number of benzene rings is 1. The molecule has 0 radical (unpaired) electrons. The zero-order chi connectivity index (χ0) is 18.7.